The highest BCUT2D eigenvalue weighted by molar-refractivity contribution is 5.69. The molecule has 0 bridgehead atoms. The Kier molecular flexibility index (Phi) is 8.90. The number of H-pyrrole nitrogens is 2. The molecule has 1 unspecified atom stereocenters. The fraction of sp³-hybridized carbons (Fsp3) is 0.472. The second kappa shape index (κ2) is 12.9. The molecule has 244 valence electrons. The average Bonchev–Trinajstić information content (AvgIpc) is 3.79. The van der Waals surface area contributed by atoms with Crippen LogP contribution in [-0.2, 0) is 17.7 Å². The van der Waals surface area contributed by atoms with E-state index >= 15 is 8.78 Å². The molecule has 6 rings (SSSR count). The number of carbonyl (C=O) groups excluding carboxylic acids is 1. The van der Waals surface area contributed by atoms with Crippen molar-refractivity contribution in [1.82, 2.24) is 24.8 Å². The first-order chi connectivity index (χ1) is 22.0. The third-order valence-corrected chi connectivity index (χ3v) is 9.02. The molecule has 2 aliphatic heterocycles. The van der Waals surface area contributed by atoms with Crippen molar-refractivity contribution >= 4 is 11.8 Å². The van der Waals surface area contributed by atoms with Crippen LogP contribution in [0.2, 0.25) is 0 Å². The molecule has 0 aliphatic carbocycles. The number of imidazole rings is 2. The highest BCUT2D eigenvalue weighted by Crippen LogP contribution is 2.36. The minimum atomic E-state index is -0.621. The molecule has 46 heavy (non-hydrogen) atoms. The molecule has 2 aromatic heterocycles. The van der Waals surface area contributed by atoms with Crippen molar-refractivity contribution in [3.8, 4) is 22.5 Å². The van der Waals surface area contributed by atoms with Crippen LogP contribution in [0, 0.1) is 11.6 Å². The molecule has 0 saturated carbocycles. The monoisotopic (exact) mass is 630 g/mol. The van der Waals surface area contributed by atoms with Crippen LogP contribution in [0.1, 0.15) is 101 Å². The van der Waals surface area contributed by atoms with Crippen LogP contribution in [0.5, 0.6) is 0 Å². The van der Waals surface area contributed by atoms with Crippen LogP contribution in [0.15, 0.2) is 42.7 Å². The van der Waals surface area contributed by atoms with Crippen molar-refractivity contribution in [3.05, 3.63) is 77.1 Å². The number of amides is 1. The number of anilines is 1. The molecule has 1 amide bonds. The smallest absolute Gasteiger partial charge is 0.410 e. The fourth-order valence-corrected chi connectivity index (χ4v) is 6.56. The standard InChI is InChI=1S/C36H44F2N6O2/c1-6-7-9-22(2)33-39-19-29(41-33)24-11-12-25-21-43(15-13-23(25)16-24)32-27(37)17-26(18-28(32)38)30-20-40-34(42-30)31-10-8-14-44(31)35(45)46-36(3,4)5/h11-12,16-20,22,31H,6-10,13-15,21H2,1-5H3,(H,39,41)(H,40,42)/t22-,31?/m0/s1. The number of aromatic amines is 2. The number of unbranched alkanes of at least 4 members (excludes halogenated alkanes) is 1. The molecule has 4 aromatic rings. The van der Waals surface area contributed by atoms with Gasteiger partial charge in [0.15, 0.2) is 0 Å². The first-order valence-electron chi connectivity index (χ1n) is 16.5. The summed E-state index contributed by atoms with van der Waals surface area (Å²) in [6, 6.07) is 8.70. The molecule has 0 spiro atoms. The fourth-order valence-electron chi connectivity index (χ4n) is 6.56. The van der Waals surface area contributed by atoms with Gasteiger partial charge in [0.25, 0.3) is 0 Å². The van der Waals surface area contributed by atoms with E-state index in [1.807, 2.05) is 27.0 Å². The van der Waals surface area contributed by atoms with Gasteiger partial charge >= 0.3 is 6.09 Å². The number of ether oxygens (including phenoxy) is 1. The molecule has 2 atom stereocenters. The van der Waals surface area contributed by atoms with Crippen molar-refractivity contribution in [2.75, 3.05) is 18.0 Å². The second-order valence-corrected chi connectivity index (χ2v) is 13.7. The maximum Gasteiger partial charge on any atom is 0.410 e. The van der Waals surface area contributed by atoms with Crippen molar-refractivity contribution in [2.24, 2.45) is 0 Å². The van der Waals surface area contributed by atoms with E-state index in [4.69, 9.17) is 4.74 Å². The van der Waals surface area contributed by atoms with Crippen LogP contribution in [0.4, 0.5) is 19.3 Å². The van der Waals surface area contributed by atoms with Crippen molar-refractivity contribution in [2.45, 2.75) is 97.2 Å². The normalized spacial score (nSPS) is 17.3. The molecule has 10 heteroatoms. The first kappa shape index (κ1) is 31.8. The van der Waals surface area contributed by atoms with Gasteiger partial charge in [0.1, 0.15) is 34.6 Å². The molecule has 0 radical (unpaired) electrons. The molecule has 8 nitrogen and oxygen atoms in total. The maximum absolute atomic E-state index is 15.6. The van der Waals surface area contributed by atoms with Crippen molar-refractivity contribution < 1.29 is 18.3 Å². The Hall–Kier alpha value is -4.21. The second-order valence-electron chi connectivity index (χ2n) is 13.7. The number of nitrogens with zero attached hydrogens (tertiary/aromatic N) is 4. The minimum absolute atomic E-state index is 0.0237. The lowest BCUT2D eigenvalue weighted by atomic mass is 9.96. The van der Waals surface area contributed by atoms with E-state index in [1.165, 1.54) is 30.5 Å². The van der Waals surface area contributed by atoms with E-state index < -0.39 is 23.3 Å². The average molecular weight is 631 g/mol. The summed E-state index contributed by atoms with van der Waals surface area (Å²) >= 11 is 0. The predicted octanol–water partition coefficient (Wildman–Crippen LogP) is 8.67. The van der Waals surface area contributed by atoms with Gasteiger partial charge in [-0.05, 0) is 81.3 Å². The number of likely N-dealkylation sites (tertiary alicyclic amines) is 1. The van der Waals surface area contributed by atoms with Gasteiger partial charge in [0, 0.05) is 31.1 Å². The Morgan fingerprint density at radius 3 is 2.50 bits per heavy atom. The third-order valence-electron chi connectivity index (χ3n) is 9.02. The number of fused-ring (bicyclic) bond motifs is 1. The van der Waals surface area contributed by atoms with E-state index in [2.05, 4.69) is 52.0 Å². The lowest BCUT2D eigenvalue weighted by Crippen LogP contribution is -2.36. The summed E-state index contributed by atoms with van der Waals surface area (Å²) in [6.07, 6.45) is 8.75. The molecule has 2 aliphatic rings. The van der Waals surface area contributed by atoms with Gasteiger partial charge in [0.05, 0.1) is 29.8 Å². The highest BCUT2D eigenvalue weighted by atomic mass is 19.1. The molecule has 2 aromatic carbocycles. The zero-order chi connectivity index (χ0) is 32.6. The predicted molar refractivity (Wildman–Crippen MR) is 176 cm³/mol. The molecule has 2 N–H and O–H groups in total. The lowest BCUT2D eigenvalue weighted by molar-refractivity contribution is 0.0218. The third kappa shape index (κ3) is 6.66. The first-order valence-corrected chi connectivity index (χ1v) is 16.5. The molecule has 1 fully saturated rings. The summed E-state index contributed by atoms with van der Waals surface area (Å²) in [6.45, 7) is 11.4. The van der Waals surface area contributed by atoms with Crippen molar-refractivity contribution in [1.29, 1.82) is 0 Å². The number of nitrogens with one attached hydrogen (secondary N) is 2. The zero-order valence-electron chi connectivity index (χ0n) is 27.4. The summed E-state index contributed by atoms with van der Waals surface area (Å²) in [4.78, 5) is 32.0. The van der Waals surface area contributed by atoms with E-state index in [9.17, 15) is 4.79 Å². The van der Waals surface area contributed by atoms with Crippen LogP contribution >= 0.6 is 0 Å². The Balaban J connectivity index is 1.16. The Bertz CT molecular complexity index is 1680. The number of carbonyl (C=O) groups is 1. The number of benzene rings is 2. The number of rotatable bonds is 8. The molecular weight excluding hydrogens is 586 g/mol. The van der Waals surface area contributed by atoms with Gasteiger partial charge in [0.2, 0.25) is 0 Å². The van der Waals surface area contributed by atoms with Crippen LogP contribution in [0.3, 0.4) is 0 Å². The Morgan fingerprint density at radius 1 is 1.02 bits per heavy atom. The topological polar surface area (TPSA) is 90.1 Å². The van der Waals surface area contributed by atoms with Crippen LogP contribution < -0.4 is 4.90 Å². The van der Waals surface area contributed by atoms with Gasteiger partial charge in [-0.25, -0.2) is 23.5 Å². The van der Waals surface area contributed by atoms with E-state index in [1.54, 1.807) is 16.0 Å². The Labute approximate surface area is 269 Å². The quantitative estimate of drug-likeness (QED) is 0.203. The SMILES string of the molecule is CCCC[C@H](C)c1ncc(-c2ccc3c(c2)CCN(c2c(F)cc(-c4cnc(C5CCCN5C(=O)OC(C)(C)C)[nH]4)cc2F)C3)[nH]1. The summed E-state index contributed by atoms with van der Waals surface area (Å²) in [5, 5.41) is 0. The van der Waals surface area contributed by atoms with E-state index in [0.717, 1.165) is 41.9 Å². The van der Waals surface area contributed by atoms with Gasteiger partial charge < -0.3 is 19.6 Å². The molecular formula is C36H44F2N6O2. The van der Waals surface area contributed by atoms with E-state index in [-0.39, 0.29) is 11.7 Å². The number of hydrogen-bond acceptors (Lipinski definition) is 5. The van der Waals surface area contributed by atoms with E-state index in [0.29, 0.717) is 49.1 Å². The zero-order valence-corrected chi connectivity index (χ0v) is 27.4. The van der Waals surface area contributed by atoms with Gasteiger partial charge in [-0.3, -0.25) is 4.90 Å². The number of hydrogen-bond donors (Lipinski definition) is 2. The van der Waals surface area contributed by atoms with Crippen LogP contribution in [-0.4, -0.2) is 49.6 Å². The van der Waals surface area contributed by atoms with Gasteiger partial charge in [-0.1, -0.05) is 38.8 Å². The van der Waals surface area contributed by atoms with Crippen LogP contribution in [0.25, 0.3) is 22.5 Å². The van der Waals surface area contributed by atoms with Gasteiger partial charge in [-0.2, -0.15) is 0 Å². The lowest BCUT2D eigenvalue weighted by Gasteiger charge is -2.31. The largest absolute Gasteiger partial charge is 0.444 e. The van der Waals surface area contributed by atoms with Crippen molar-refractivity contribution in [3.63, 3.8) is 0 Å². The molecule has 4 heterocycles. The molecule has 1 saturated heterocycles. The Morgan fingerprint density at radius 2 is 1.76 bits per heavy atom. The summed E-state index contributed by atoms with van der Waals surface area (Å²) in [7, 11) is 0. The maximum atomic E-state index is 15.6. The minimum Gasteiger partial charge on any atom is -0.444 e. The summed E-state index contributed by atoms with van der Waals surface area (Å²) in [5.41, 5.74) is 4.52. The summed E-state index contributed by atoms with van der Waals surface area (Å²) in [5.74, 6) is 0.726. The number of aromatic nitrogens is 4. The number of halogens is 2. The summed E-state index contributed by atoms with van der Waals surface area (Å²) < 4.78 is 36.8. The highest BCUT2D eigenvalue weighted by Gasteiger charge is 2.35. The van der Waals surface area contributed by atoms with Gasteiger partial charge in [-0.15, -0.1) is 0 Å².